The van der Waals surface area contributed by atoms with Crippen molar-refractivity contribution in [3.05, 3.63) is 63.4 Å². The van der Waals surface area contributed by atoms with Crippen LogP contribution < -0.4 is 5.32 Å². The van der Waals surface area contributed by atoms with Gasteiger partial charge in [-0.1, -0.05) is 23.2 Å². The first kappa shape index (κ1) is 17.7. The van der Waals surface area contributed by atoms with Gasteiger partial charge in [0, 0.05) is 5.69 Å². The Morgan fingerprint density at radius 1 is 1.17 bits per heavy atom. The first-order valence-corrected chi connectivity index (χ1v) is 7.28. The molecule has 1 amide bonds. The number of carbonyl (C=O) groups is 2. The van der Waals surface area contributed by atoms with Crippen molar-refractivity contribution in [1.82, 2.24) is 0 Å². The van der Waals surface area contributed by atoms with Gasteiger partial charge in [0.05, 0.1) is 27.2 Å². The Balaban J connectivity index is 1.95. The minimum absolute atomic E-state index is 0.0708. The van der Waals surface area contributed by atoms with Gasteiger partial charge in [-0.15, -0.1) is 0 Å². The molecule has 0 aliphatic carbocycles. The van der Waals surface area contributed by atoms with Crippen molar-refractivity contribution < 1.29 is 18.7 Å². The van der Waals surface area contributed by atoms with Gasteiger partial charge in [-0.2, -0.15) is 5.26 Å². The largest absolute Gasteiger partial charge is 0.452 e. The van der Waals surface area contributed by atoms with Crippen molar-refractivity contribution in [2.24, 2.45) is 0 Å². The lowest BCUT2D eigenvalue weighted by atomic mass is 10.1. The van der Waals surface area contributed by atoms with Crippen LogP contribution in [0, 0.1) is 17.1 Å². The lowest BCUT2D eigenvalue weighted by Crippen LogP contribution is -2.21. The quantitative estimate of drug-likeness (QED) is 0.834. The van der Waals surface area contributed by atoms with Gasteiger partial charge >= 0.3 is 5.97 Å². The highest BCUT2D eigenvalue weighted by Gasteiger charge is 2.15. The molecular formula is C16H9Cl2FN2O3. The van der Waals surface area contributed by atoms with E-state index in [4.69, 9.17) is 33.2 Å². The van der Waals surface area contributed by atoms with E-state index in [1.807, 2.05) is 0 Å². The van der Waals surface area contributed by atoms with Crippen molar-refractivity contribution in [3.8, 4) is 6.07 Å². The summed E-state index contributed by atoms with van der Waals surface area (Å²) in [6.07, 6.45) is 0. The molecule has 0 heterocycles. The highest BCUT2D eigenvalue weighted by molar-refractivity contribution is 6.42. The van der Waals surface area contributed by atoms with E-state index >= 15 is 0 Å². The molecule has 2 rings (SSSR count). The number of nitriles is 1. The Labute approximate surface area is 146 Å². The number of nitrogens with zero attached hydrogens (tertiary/aromatic N) is 1. The average Bonchev–Trinajstić information content (AvgIpc) is 2.56. The van der Waals surface area contributed by atoms with Crippen LogP contribution in [0.3, 0.4) is 0 Å². The fourth-order valence-corrected chi connectivity index (χ4v) is 2.03. The van der Waals surface area contributed by atoms with Crippen LogP contribution in [-0.2, 0) is 9.53 Å². The second kappa shape index (κ2) is 7.77. The molecule has 0 bridgehead atoms. The molecule has 122 valence electrons. The van der Waals surface area contributed by atoms with E-state index < -0.39 is 24.3 Å². The normalized spacial score (nSPS) is 9.92. The topological polar surface area (TPSA) is 79.2 Å². The maximum Gasteiger partial charge on any atom is 0.341 e. The Morgan fingerprint density at radius 3 is 2.54 bits per heavy atom. The molecule has 24 heavy (non-hydrogen) atoms. The van der Waals surface area contributed by atoms with Crippen molar-refractivity contribution in [2.75, 3.05) is 11.9 Å². The minimum atomic E-state index is -1.01. The molecule has 0 radical (unpaired) electrons. The van der Waals surface area contributed by atoms with Gasteiger partial charge in [-0.25, -0.2) is 9.18 Å². The summed E-state index contributed by atoms with van der Waals surface area (Å²) in [5, 5.41) is 11.7. The number of nitrogens with one attached hydrogen (secondary N) is 1. The summed E-state index contributed by atoms with van der Waals surface area (Å²) in [7, 11) is 0. The van der Waals surface area contributed by atoms with E-state index in [2.05, 4.69) is 5.32 Å². The summed E-state index contributed by atoms with van der Waals surface area (Å²) in [5.74, 6) is -2.54. The van der Waals surface area contributed by atoms with Crippen molar-refractivity contribution in [1.29, 1.82) is 5.26 Å². The summed E-state index contributed by atoms with van der Waals surface area (Å²) >= 11 is 11.6. The van der Waals surface area contributed by atoms with Gasteiger partial charge in [0.15, 0.2) is 6.61 Å². The number of ether oxygens (including phenoxy) is 1. The van der Waals surface area contributed by atoms with Crippen LogP contribution >= 0.6 is 23.2 Å². The number of anilines is 1. The number of amides is 1. The predicted octanol–water partition coefficient (Wildman–Crippen LogP) is 3.80. The third-order valence-electron chi connectivity index (χ3n) is 2.86. The van der Waals surface area contributed by atoms with Crippen molar-refractivity contribution in [2.45, 2.75) is 0 Å². The van der Waals surface area contributed by atoms with E-state index in [0.717, 1.165) is 12.1 Å². The molecule has 8 heteroatoms. The highest BCUT2D eigenvalue weighted by atomic mass is 35.5. The molecule has 2 aromatic carbocycles. The standard InChI is InChI=1S/C16H9Cl2FN2O3/c17-12-4-2-10(6-13(12)18)21-15(22)8-24-16(23)11-3-1-9(7-20)5-14(11)19/h1-6H,8H2,(H,21,22). The molecule has 5 nitrogen and oxygen atoms in total. The summed E-state index contributed by atoms with van der Waals surface area (Å²) in [6.45, 7) is -0.613. The monoisotopic (exact) mass is 366 g/mol. The summed E-state index contributed by atoms with van der Waals surface area (Å²) in [6, 6.07) is 9.50. The molecule has 0 aromatic heterocycles. The van der Waals surface area contributed by atoms with Crippen LogP contribution in [0.2, 0.25) is 10.0 Å². The molecule has 0 aliphatic heterocycles. The van der Waals surface area contributed by atoms with Crippen LogP contribution in [0.15, 0.2) is 36.4 Å². The lowest BCUT2D eigenvalue weighted by Gasteiger charge is -2.08. The smallest absolute Gasteiger partial charge is 0.341 e. The first-order valence-electron chi connectivity index (χ1n) is 6.52. The number of carbonyl (C=O) groups excluding carboxylic acids is 2. The number of benzene rings is 2. The number of esters is 1. The molecule has 0 unspecified atom stereocenters. The maximum absolute atomic E-state index is 13.7. The summed E-state index contributed by atoms with van der Waals surface area (Å²) < 4.78 is 18.4. The van der Waals surface area contributed by atoms with Crippen LogP contribution in [0.25, 0.3) is 0 Å². The van der Waals surface area contributed by atoms with E-state index in [-0.39, 0.29) is 16.1 Å². The van der Waals surface area contributed by atoms with Gasteiger partial charge in [-0.3, -0.25) is 4.79 Å². The lowest BCUT2D eigenvalue weighted by molar-refractivity contribution is -0.119. The van der Waals surface area contributed by atoms with E-state index in [0.29, 0.717) is 10.7 Å². The van der Waals surface area contributed by atoms with Crippen LogP contribution in [-0.4, -0.2) is 18.5 Å². The molecule has 0 saturated carbocycles. The predicted molar refractivity (Wildman–Crippen MR) is 86.5 cm³/mol. The molecular weight excluding hydrogens is 358 g/mol. The molecule has 0 aliphatic rings. The van der Waals surface area contributed by atoms with Crippen molar-refractivity contribution >= 4 is 40.8 Å². The highest BCUT2D eigenvalue weighted by Crippen LogP contribution is 2.24. The summed E-state index contributed by atoms with van der Waals surface area (Å²) in [5.41, 5.74) is 0.0766. The third-order valence-corrected chi connectivity index (χ3v) is 3.59. The zero-order chi connectivity index (χ0) is 17.7. The average molecular weight is 367 g/mol. The van der Waals surface area contributed by atoms with Gasteiger partial charge in [-0.05, 0) is 36.4 Å². The van der Waals surface area contributed by atoms with Crippen LogP contribution in [0.4, 0.5) is 10.1 Å². The Morgan fingerprint density at radius 2 is 1.92 bits per heavy atom. The first-order chi connectivity index (χ1) is 11.4. The number of rotatable bonds is 4. The zero-order valence-corrected chi connectivity index (χ0v) is 13.5. The second-order valence-electron chi connectivity index (χ2n) is 4.56. The fraction of sp³-hybridized carbons (Fsp3) is 0.0625. The number of hydrogen-bond acceptors (Lipinski definition) is 4. The summed E-state index contributed by atoms with van der Waals surface area (Å²) in [4.78, 5) is 23.5. The van der Waals surface area contributed by atoms with E-state index in [1.54, 1.807) is 6.07 Å². The van der Waals surface area contributed by atoms with Crippen LogP contribution in [0.1, 0.15) is 15.9 Å². The molecule has 2 aromatic rings. The van der Waals surface area contributed by atoms with Gasteiger partial charge in [0.2, 0.25) is 0 Å². The van der Waals surface area contributed by atoms with E-state index in [9.17, 15) is 14.0 Å². The fourth-order valence-electron chi connectivity index (χ4n) is 1.73. The van der Waals surface area contributed by atoms with Gasteiger partial charge in [0.1, 0.15) is 5.82 Å². The van der Waals surface area contributed by atoms with Gasteiger partial charge < -0.3 is 10.1 Å². The molecule has 0 atom stereocenters. The SMILES string of the molecule is N#Cc1ccc(C(=O)OCC(=O)Nc2ccc(Cl)c(Cl)c2)c(F)c1. The molecule has 1 N–H and O–H groups in total. The van der Waals surface area contributed by atoms with Gasteiger partial charge in [0.25, 0.3) is 5.91 Å². The second-order valence-corrected chi connectivity index (χ2v) is 5.37. The minimum Gasteiger partial charge on any atom is -0.452 e. The molecule has 0 saturated heterocycles. The Kier molecular flexibility index (Phi) is 5.74. The maximum atomic E-state index is 13.7. The Bertz CT molecular complexity index is 850. The molecule has 0 fully saturated rings. The third kappa shape index (κ3) is 4.44. The molecule has 0 spiro atoms. The van der Waals surface area contributed by atoms with Crippen molar-refractivity contribution in [3.63, 3.8) is 0 Å². The number of hydrogen-bond donors (Lipinski definition) is 1. The van der Waals surface area contributed by atoms with E-state index in [1.165, 1.54) is 24.3 Å². The van der Waals surface area contributed by atoms with Crippen LogP contribution in [0.5, 0.6) is 0 Å². The Hall–Kier alpha value is -2.62. The zero-order valence-electron chi connectivity index (χ0n) is 12.0. The number of halogens is 3.